The Kier molecular flexibility index (Phi) is 4.08. The smallest absolute Gasteiger partial charge is 0.134 e. The second kappa shape index (κ2) is 5.98. The van der Waals surface area contributed by atoms with Gasteiger partial charge in [-0.3, -0.25) is 0 Å². The molecule has 4 nitrogen and oxygen atoms in total. The molecule has 1 aromatic heterocycles. The lowest BCUT2D eigenvalue weighted by Gasteiger charge is -2.18. The van der Waals surface area contributed by atoms with Crippen molar-refractivity contribution < 1.29 is 0 Å². The van der Waals surface area contributed by atoms with E-state index in [1.54, 1.807) is 6.33 Å². The molecule has 0 bridgehead atoms. The van der Waals surface area contributed by atoms with Crippen molar-refractivity contribution in [3.63, 3.8) is 0 Å². The van der Waals surface area contributed by atoms with Crippen LogP contribution >= 0.6 is 0 Å². The van der Waals surface area contributed by atoms with Crippen LogP contribution in [0.2, 0.25) is 0 Å². The van der Waals surface area contributed by atoms with Crippen LogP contribution in [0.3, 0.4) is 0 Å². The molecule has 2 fully saturated rings. The van der Waals surface area contributed by atoms with E-state index in [4.69, 9.17) is 0 Å². The van der Waals surface area contributed by atoms with Crippen LogP contribution in [0.25, 0.3) is 0 Å². The molecule has 3 rings (SSSR count). The van der Waals surface area contributed by atoms with Crippen molar-refractivity contribution in [2.75, 3.05) is 23.7 Å². The average Bonchev–Trinajstić information content (AvgIpc) is 3.33. The molecular weight excluding hydrogens is 248 g/mol. The number of rotatable bonds is 8. The summed E-state index contributed by atoms with van der Waals surface area (Å²) in [5.74, 6) is 4.81. The molecule has 1 aromatic rings. The van der Waals surface area contributed by atoms with Crippen LogP contribution in [0.15, 0.2) is 6.33 Å². The predicted octanol–water partition coefficient (Wildman–Crippen LogP) is 3.46. The van der Waals surface area contributed by atoms with Crippen molar-refractivity contribution in [2.24, 2.45) is 17.8 Å². The van der Waals surface area contributed by atoms with Gasteiger partial charge in [0.25, 0.3) is 0 Å². The highest BCUT2D eigenvalue weighted by Crippen LogP contribution is 2.49. The zero-order valence-corrected chi connectivity index (χ0v) is 12.7. The molecule has 0 saturated heterocycles. The lowest BCUT2D eigenvalue weighted by Crippen LogP contribution is -2.19. The summed E-state index contributed by atoms with van der Waals surface area (Å²) in [5, 5.41) is 6.95. The van der Waals surface area contributed by atoms with Crippen molar-refractivity contribution >= 4 is 11.6 Å². The lowest BCUT2D eigenvalue weighted by molar-refractivity contribution is 0.427. The van der Waals surface area contributed by atoms with Gasteiger partial charge in [-0.2, -0.15) is 0 Å². The Morgan fingerprint density at radius 3 is 2.25 bits per heavy atom. The molecule has 0 aliphatic heterocycles. The Balaban J connectivity index is 1.61. The molecule has 0 aromatic carbocycles. The van der Waals surface area contributed by atoms with E-state index in [2.05, 4.69) is 34.4 Å². The fourth-order valence-corrected chi connectivity index (χ4v) is 3.03. The molecule has 0 unspecified atom stereocenters. The van der Waals surface area contributed by atoms with Crippen molar-refractivity contribution in [3.05, 3.63) is 11.9 Å². The van der Waals surface area contributed by atoms with Crippen LogP contribution in [0.1, 0.15) is 44.6 Å². The summed E-state index contributed by atoms with van der Waals surface area (Å²) in [7, 11) is 0. The summed E-state index contributed by atoms with van der Waals surface area (Å²) in [5.41, 5.74) is 1.14. The minimum Gasteiger partial charge on any atom is -0.370 e. The highest BCUT2D eigenvalue weighted by Gasteiger charge is 2.41. The van der Waals surface area contributed by atoms with Gasteiger partial charge in [0.05, 0.1) is 0 Å². The Labute approximate surface area is 121 Å². The van der Waals surface area contributed by atoms with Crippen LogP contribution in [0, 0.1) is 24.7 Å². The van der Waals surface area contributed by atoms with E-state index >= 15 is 0 Å². The summed E-state index contributed by atoms with van der Waals surface area (Å²) >= 11 is 0. The van der Waals surface area contributed by atoms with Gasteiger partial charge >= 0.3 is 0 Å². The first-order valence-electron chi connectivity index (χ1n) is 8.09. The van der Waals surface area contributed by atoms with Crippen LogP contribution in [0.5, 0.6) is 0 Å². The maximum Gasteiger partial charge on any atom is 0.134 e. The van der Waals surface area contributed by atoms with E-state index in [-0.39, 0.29) is 0 Å². The van der Waals surface area contributed by atoms with Gasteiger partial charge in [0, 0.05) is 18.7 Å². The second-order valence-corrected chi connectivity index (χ2v) is 6.34. The fraction of sp³-hybridized carbons (Fsp3) is 0.750. The number of aromatic nitrogens is 2. The van der Waals surface area contributed by atoms with E-state index < -0.39 is 0 Å². The number of hydrogen-bond donors (Lipinski definition) is 2. The van der Waals surface area contributed by atoms with E-state index in [1.807, 2.05) is 0 Å². The van der Waals surface area contributed by atoms with Crippen LogP contribution in [-0.2, 0) is 0 Å². The molecule has 0 radical (unpaired) electrons. The number of hydrogen-bond acceptors (Lipinski definition) is 4. The zero-order chi connectivity index (χ0) is 13.9. The largest absolute Gasteiger partial charge is 0.370 e. The van der Waals surface area contributed by atoms with E-state index in [9.17, 15) is 0 Å². The maximum atomic E-state index is 4.42. The quantitative estimate of drug-likeness (QED) is 0.762. The number of anilines is 2. The molecule has 4 heteroatoms. The van der Waals surface area contributed by atoms with Crippen molar-refractivity contribution in [1.82, 2.24) is 9.97 Å². The summed E-state index contributed by atoms with van der Waals surface area (Å²) in [6.07, 6.45) is 8.53. The minimum absolute atomic E-state index is 0.872. The first-order chi connectivity index (χ1) is 9.79. The Morgan fingerprint density at radius 2 is 1.70 bits per heavy atom. The Hall–Kier alpha value is -1.32. The highest BCUT2D eigenvalue weighted by atomic mass is 15.1. The number of nitrogens with zero attached hydrogens (tertiary/aromatic N) is 2. The standard InChI is InChI=1S/C16H26N4/c1-3-8-17-15-11(2)16(20-10-19-15)18-9-14(12-4-5-12)13-6-7-13/h10,12-14H,3-9H2,1-2H3,(H2,17,18,19,20). The van der Waals surface area contributed by atoms with E-state index in [0.717, 1.165) is 54.5 Å². The summed E-state index contributed by atoms with van der Waals surface area (Å²) in [6.45, 7) is 6.31. The SMILES string of the molecule is CCCNc1ncnc(NCC(C2CC2)C2CC2)c1C. The van der Waals surface area contributed by atoms with E-state index in [0.29, 0.717) is 0 Å². The van der Waals surface area contributed by atoms with Gasteiger partial charge in [0.15, 0.2) is 0 Å². The third-order valence-corrected chi connectivity index (χ3v) is 4.59. The van der Waals surface area contributed by atoms with E-state index in [1.165, 1.54) is 25.7 Å². The van der Waals surface area contributed by atoms with Gasteiger partial charge in [-0.05, 0) is 56.8 Å². The first kappa shape index (κ1) is 13.7. The summed E-state index contributed by atoms with van der Waals surface area (Å²) in [4.78, 5) is 8.75. The molecule has 0 spiro atoms. The molecule has 0 amide bonds. The van der Waals surface area contributed by atoms with Crippen molar-refractivity contribution in [2.45, 2.75) is 46.0 Å². The van der Waals surface area contributed by atoms with Gasteiger partial charge in [-0.25, -0.2) is 9.97 Å². The second-order valence-electron chi connectivity index (χ2n) is 6.34. The molecule has 0 atom stereocenters. The van der Waals surface area contributed by atoms with Crippen molar-refractivity contribution in [1.29, 1.82) is 0 Å². The van der Waals surface area contributed by atoms with Gasteiger partial charge < -0.3 is 10.6 Å². The first-order valence-corrected chi connectivity index (χ1v) is 8.09. The third kappa shape index (κ3) is 3.22. The third-order valence-electron chi connectivity index (χ3n) is 4.59. The molecule has 1 heterocycles. The van der Waals surface area contributed by atoms with Gasteiger partial charge in [0.2, 0.25) is 0 Å². The van der Waals surface area contributed by atoms with Gasteiger partial charge in [0.1, 0.15) is 18.0 Å². The molecule has 2 N–H and O–H groups in total. The lowest BCUT2D eigenvalue weighted by atomic mass is 9.98. The topological polar surface area (TPSA) is 49.8 Å². The monoisotopic (exact) mass is 274 g/mol. The molecule has 20 heavy (non-hydrogen) atoms. The summed E-state index contributed by atoms with van der Waals surface area (Å²) < 4.78 is 0. The zero-order valence-electron chi connectivity index (χ0n) is 12.7. The molecule has 2 saturated carbocycles. The molecule has 110 valence electrons. The molecular formula is C16H26N4. The summed E-state index contributed by atoms with van der Waals surface area (Å²) in [6, 6.07) is 0. The van der Waals surface area contributed by atoms with Crippen LogP contribution in [-0.4, -0.2) is 23.1 Å². The fourth-order valence-electron chi connectivity index (χ4n) is 3.03. The van der Waals surface area contributed by atoms with Gasteiger partial charge in [-0.1, -0.05) is 6.92 Å². The Bertz CT molecular complexity index is 440. The maximum absolute atomic E-state index is 4.42. The van der Waals surface area contributed by atoms with Crippen LogP contribution in [0.4, 0.5) is 11.6 Å². The predicted molar refractivity (Wildman–Crippen MR) is 83.0 cm³/mol. The average molecular weight is 274 g/mol. The molecule has 2 aliphatic rings. The normalized spacial score (nSPS) is 18.4. The highest BCUT2D eigenvalue weighted by molar-refractivity contribution is 5.56. The Morgan fingerprint density at radius 1 is 1.10 bits per heavy atom. The minimum atomic E-state index is 0.872. The molecule has 2 aliphatic carbocycles. The number of nitrogens with one attached hydrogen (secondary N) is 2. The van der Waals surface area contributed by atoms with Crippen LogP contribution < -0.4 is 10.6 Å². The van der Waals surface area contributed by atoms with Gasteiger partial charge in [-0.15, -0.1) is 0 Å². The van der Waals surface area contributed by atoms with Crippen molar-refractivity contribution in [3.8, 4) is 0 Å².